The molecule has 0 unspecified atom stereocenters. The summed E-state index contributed by atoms with van der Waals surface area (Å²) in [6, 6.07) is 2.04. The van der Waals surface area contributed by atoms with Crippen LogP contribution in [-0.4, -0.2) is 39.3 Å². The predicted molar refractivity (Wildman–Crippen MR) is 84.8 cm³/mol. The third-order valence-corrected chi connectivity index (χ3v) is 4.28. The minimum absolute atomic E-state index is 0.0422. The largest absolute Gasteiger partial charge is 0.383 e. The zero-order chi connectivity index (χ0) is 14.8. The first kappa shape index (κ1) is 17.1. The van der Waals surface area contributed by atoms with E-state index in [-0.39, 0.29) is 5.91 Å². The molecule has 0 aliphatic heterocycles. The van der Waals surface area contributed by atoms with E-state index in [1.165, 1.54) is 10.4 Å². The Morgan fingerprint density at radius 2 is 2.10 bits per heavy atom. The van der Waals surface area contributed by atoms with Gasteiger partial charge in [-0.3, -0.25) is 4.79 Å². The smallest absolute Gasteiger partial charge is 0.261 e. The molecule has 5 heteroatoms. The third kappa shape index (κ3) is 5.61. The molecule has 1 heterocycles. The highest BCUT2D eigenvalue weighted by molar-refractivity contribution is 7.14. The standard InChI is InChI=1S/C15H26N2O2S/c1-4-6-13-12(5-2)11-14(20-13)15(18)17-8-7-16-9-10-19-3/h11,16H,4-10H2,1-3H3,(H,17,18). The molecule has 0 radical (unpaired) electrons. The summed E-state index contributed by atoms with van der Waals surface area (Å²) in [6.07, 6.45) is 3.19. The summed E-state index contributed by atoms with van der Waals surface area (Å²) in [4.78, 5) is 14.3. The number of hydrogen-bond donors (Lipinski definition) is 2. The van der Waals surface area contributed by atoms with Crippen molar-refractivity contribution < 1.29 is 9.53 Å². The quantitative estimate of drug-likeness (QED) is 0.651. The Balaban J connectivity index is 2.39. The van der Waals surface area contributed by atoms with E-state index in [1.54, 1.807) is 18.4 Å². The highest BCUT2D eigenvalue weighted by Crippen LogP contribution is 2.24. The Morgan fingerprint density at radius 1 is 1.30 bits per heavy atom. The van der Waals surface area contributed by atoms with Gasteiger partial charge in [0.15, 0.2) is 0 Å². The maximum Gasteiger partial charge on any atom is 0.261 e. The number of thiophene rings is 1. The molecule has 1 rings (SSSR count). The average molecular weight is 298 g/mol. The molecule has 0 atom stereocenters. The molecule has 4 nitrogen and oxygen atoms in total. The fraction of sp³-hybridized carbons (Fsp3) is 0.667. The Hall–Kier alpha value is -0.910. The van der Waals surface area contributed by atoms with E-state index in [0.717, 1.165) is 37.2 Å². The van der Waals surface area contributed by atoms with Crippen molar-refractivity contribution in [2.45, 2.75) is 33.1 Å². The van der Waals surface area contributed by atoms with Crippen LogP contribution in [0.15, 0.2) is 6.07 Å². The van der Waals surface area contributed by atoms with Crippen molar-refractivity contribution in [2.75, 3.05) is 33.4 Å². The van der Waals surface area contributed by atoms with E-state index >= 15 is 0 Å². The first-order chi connectivity index (χ1) is 9.72. The molecule has 2 N–H and O–H groups in total. The lowest BCUT2D eigenvalue weighted by Crippen LogP contribution is -2.32. The number of methoxy groups -OCH3 is 1. The van der Waals surface area contributed by atoms with E-state index < -0.39 is 0 Å². The van der Waals surface area contributed by atoms with Crippen LogP contribution < -0.4 is 10.6 Å². The molecule has 1 amide bonds. The Bertz CT molecular complexity index is 405. The van der Waals surface area contributed by atoms with Crippen molar-refractivity contribution in [3.05, 3.63) is 21.4 Å². The van der Waals surface area contributed by atoms with Crippen LogP contribution in [-0.2, 0) is 17.6 Å². The van der Waals surface area contributed by atoms with Crippen molar-refractivity contribution >= 4 is 17.2 Å². The molecule has 0 spiro atoms. The minimum Gasteiger partial charge on any atom is -0.383 e. The van der Waals surface area contributed by atoms with Crippen LogP contribution in [0.3, 0.4) is 0 Å². The zero-order valence-corrected chi connectivity index (χ0v) is 13.6. The van der Waals surface area contributed by atoms with Gasteiger partial charge in [0.05, 0.1) is 11.5 Å². The van der Waals surface area contributed by atoms with Crippen LogP contribution in [0.5, 0.6) is 0 Å². The van der Waals surface area contributed by atoms with Gasteiger partial charge in [0.25, 0.3) is 5.91 Å². The maximum absolute atomic E-state index is 12.1. The monoisotopic (exact) mass is 298 g/mol. The van der Waals surface area contributed by atoms with E-state index in [2.05, 4.69) is 24.5 Å². The molecule has 0 aliphatic carbocycles. The Labute approximate surface area is 125 Å². The molecule has 20 heavy (non-hydrogen) atoms. The third-order valence-electron chi connectivity index (χ3n) is 3.05. The lowest BCUT2D eigenvalue weighted by Gasteiger charge is -2.05. The van der Waals surface area contributed by atoms with Gasteiger partial charge in [-0.15, -0.1) is 11.3 Å². The lowest BCUT2D eigenvalue weighted by atomic mass is 10.1. The number of hydrogen-bond acceptors (Lipinski definition) is 4. The number of carbonyl (C=O) groups is 1. The summed E-state index contributed by atoms with van der Waals surface area (Å²) in [7, 11) is 1.68. The van der Waals surface area contributed by atoms with Crippen LogP contribution in [0, 0.1) is 0 Å². The lowest BCUT2D eigenvalue weighted by molar-refractivity contribution is 0.0957. The molecule has 1 aromatic heterocycles. The number of ether oxygens (including phenoxy) is 1. The van der Waals surface area contributed by atoms with Gasteiger partial charge in [-0.05, 0) is 24.5 Å². The molecule has 1 aromatic rings. The van der Waals surface area contributed by atoms with Gasteiger partial charge in [-0.1, -0.05) is 20.3 Å². The normalized spacial score (nSPS) is 10.8. The SMILES string of the molecule is CCCc1sc(C(=O)NCCNCCOC)cc1CC. The van der Waals surface area contributed by atoms with Gasteiger partial charge < -0.3 is 15.4 Å². The van der Waals surface area contributed by atoms with Crippen LogP contribution in [0.1, 0.15) is 40.4 Å². The second-order valence-corrected chi connectivity index (χ2v) is 5.80. The molecule has 0 aromatic carbocycles. The van der Waals surface area contributed by atoms with E-state index in [0.29, 0.717) is 13.2 Å². The fourth-order valence-corrected chi connectivity index (χ4v) is 3.24. The summed E-state index contributed by atoms with van der Waals surface area (Å²) in [6.45, 7) is 7.23. The summed E-state index contributed by atoms with van der Waals surface area (Å²) in [5.41, 5.74) is 1.32. The molecule has 0 aliphatic rings. The first-order valence-corrected chi connectivity index (χ1v) is 8.14. The number of aryl methyl sites for hydroxylation is 2. The highest BCUT2D eigenvalue weighted by Gasteiger charge is 2.12. The van der Waals surface area contributed by atoms with E-state index in [1.807, 2.05) is 6.07 Å². The summed E-state index contributed by atoms with van der Waals surface area (Å²) in [5, 5.41) is 6.16. The summed E-state index contributed by atoms with van der Waals surface area (Å²) < 4.78 is 4.94. The average Bonchev–Trinajstić information content (AvgIpc) is 2.86. The number of rotatable bonds is 10. The van der Waals surface area contributed by atoms with Crippen LogP contribution in [0.2, 0.25) is 0 Å². The Kier molecular flexibility index (Phi) is 8.49. The molecule has 0 fully saturated rings. The first-order valence-electron chi connectivity index (χ1n) is 7.32. The molecular formula is C15H26N2O2S. The fourth-order valence-electron chi connectivity index (χ4n) is 1.97. The summed E-state index contributed by atoms with van der Waals surface area (Å²) in [5.74, 6) is 0.0422. The second-order valence-electron chi connectivity index (χ2n) is 4.66. The number of amides is 1. The topological polar surface area (TPSA) is 50.4 Å². The minimum atomic E-state index is 0.0422. The zero-order valence-electron chi connectivity index (χ0n) is 12.8. The van der Waals surface area contributed by atoms with Gasteiger partial charge >= 0.3 is 0 Å². The maximum atomic E-state index is 12.1. The molecule has 0 saturated heterocycles. The van der Waals surface area contributed by atoms with Crippen molar-refractivity contribution in [3.63, 3.8) is 0 Å². The van der Waals surface area contributed by atoms with Gasteiger partial charge in [-0.25, -0.2) is 0 Å². The predicted octanol–water partition coefficient (Wildman–Crippen LogP) is 2.23. The highest BCUT2D eigenvalue weighted by atomic mass is 32.1. The molecular weight excluding hydrogens is 272 g/mol. The van der Waals surface area contributed by atoms with Crippen molar-refractivity contribution in [1.82, 2.24) is 10.6 Å². The second kappa shape index (κ2) is 9.91. The van der Waals surface area contributed by atoms with E-state index in [9.17, 15) is 4.79 Å². The van der Waals surface area contributed by atoms with Crippen LogP contribution in [0.25, 0.3) is 0 Å². The van der Waals surface area contributed by atoms with Gasteiger partial charge in [0, 0.05) is 31.6 Å². The van der Waals surface area contributed by atoms with Gasteiger partial charge in [0.2, 0.25) is 0 Å². The molecule has 0 saturated carbocycles. The molecule has 0 bridgehead atoms. The molecule has 114 valence electrons. The number of nitrogens with one attached hydrogen (secondary N) is 2. The van der Waals surface area contributed by atoms with Crippen molar-refractivity contribution in [3.8, 4) is 0 Å². The van der Waals surface area contributed by atoms with Crippen molar-refractivity contribution in [2.24, 2.45) is 0 Å². The summed E-state index contributed by atoms with van der Waals surface area (Å²) >= 11 is 1.64. The van der Waals surface area contributed by atoms with E-state index in [4.69, 9.17) is 4.74 Å². The van der Waals surface area contributed by atoms with Crippen molar-refractivity contribution in [1.29, 1.82) is 0 Å². The number of carbonyl (C=O) groups excluding carboxylic acids is 1. The van der Waals surface area contributed by atoms with Crippen LogP contribution >= 0.6 is 11.3 Å². The van der Waals surface area contributed by atoms with Gasteiger partial charge in [-0.2, -0.15) is 0 Å². The Morgan fingerprint density at radius 3 is 2.75 bits per heavy atom. The van der Waals surface area contributed by atoms with Gasteiger partial charge in [0.1, 0.15) is 0 Å². The van der Waals surface area contributed by atoms with Crippen LogP contribution in [0.4, 0.5) is 0 Å².